The predicted octanol–water partition coefficient (Wildman–Crippen LogP) is 2.75. The van der Waals surface area contributed by atoms with Crippen molar-refractivity contribution in [1.29, 1.82) is 0 Å². The summed E-state index contributed by atoms with van der Waals surface area (Å²) in [6.45, 7) is 3.43. The van der Waals surface area contributed by atoms with Gasteiger partial charge in [0.1, 0.15) is 12.2 Å². The first-order chi connectivity index (χ1) is 11.9. The maximum absolute atomic E-state index is 12.9. The zero-order valence-electron chi connectivity index (χ0n) is 14.9. The van der Waals surface area contributed by atoms with Crippen molar-refractivity contribution < 1.29 is 24.5 Å². The Balaban J connectivity index is 1.81. The fourth-order valence-electron chi connectivity index (χ4n) is 3.92. The molecule has 0 aromatic heterocycles. The molecule has 4 atom stereocenters. The van der Waals surface area contributed by atoms with Crippen LogP contribution in [0.2, 0.25) is 0 Å². The quantitative estimate of drug-likeness (QED) is 0.875. The van der Waals surface area contributed by atoms with Crippen molar-refractivity contribution in [3.8, 4) is 0 Å². The summed E-state index contributed by atoms with van der Waals surface area (Å²) in [5.74, 6) is -1.37. The molecule has 2 fully saturated rings. The highest BCUT2D eigenvalue weighted by Gasteiger charge is 2.49. The van der Waals surface area contributed by atoms with Crippen LogP contribution >= 0.6 is 0 Å². The highest BCUT2D eigenvalue weighted by atomic mass is 16.7. The fraction of sp³-hybridized carbons (Fsp3) is 0.650. The number of aliphatic hydroxyl groups is 2. The minimum atomic E-state index is -1.09. The third kappa shape index (κ3) is 4.11. The van der Waals surface area contributed by atoms with Crippen molar-refractivity contribution in [2.45, 2.75) is 76.2 Å². The number of ketones is 1. The van der Waals surface area contributed by atoms with Crippen molar-refractivity contribution in [3.63, 3.8) is 0 Å². The van der Waals surface area contributed by atoms with E-state index in [1.807, 2.05) is 18.2 Å². The number of carbonyl (C=O) groups is 1. The van der Waals surface area contributed by atoms with Crippen LogP contribution in [0.3, 0.4) is 0 Å². The van der Waals surface area contributed by atoms with Crippen LogP contribution in [0.15, 0.2) is 30.3 Å². The molecule has 1 heterocycles. The molecule has 5 heteroatoms. The normalized spacial score (nSPS) is 30.0. The number of rotatable bonds is 4. The molecule has 1 saturated heterocycles. The molecule has 3 rings (SSSR count). The standard InChI is InChI=1S/C20H28O5/c1-20(2)24-18(15(21)13-9-5-3-6-10-13)17(23)19(25-20)16(22)14-11-7-4-8-12-14/h3,5-6,9-10,14-16,18-19,21-22H,4,7-8,11-12H2,1-2H3/t15-,16-,18-,19-/m1/s1. The van der Waals surface area contributed by atoms with Crippen LogP contribution in [0.5, 0.6) is 0 Å². The van der Waals surface area contributed by atoms with Crippen molar-refractivity contribution in [3.05, 3.63) is 35.9 Å². The van der Waals surface area contributed by atoms with Crippen LogP contribution < -0.4 is 0 Å². The van der Waals surface area contributed by atoms with Gasteiger partial charge in [0.05, 0.1) is 6.10 Å². The zero-order valence-corrected chi connectivity index (χ0v) is 14.9. The monoisotopic (exact) mass is 348 g/mol. The smallest absolute Gasteiger partial charge is 0.196 e. The van der Waals surface area contributed by atoms with Gasteiger partial charge in [-0.05, 0) is 38.2 Å². The van der Waals surface area contributed by atoms with E-state index in [9.17, 15) is 15.0 Å². The largest absolute Gasteiger partial charge is 0.390 e. The van der Waals surface area contributed by atoms with Gasteiger partial charge in [-0.2, -0.15) is 0 Å². The predicted molar refractivity (Wildman–Crippen MR) is 92.8 cm³/mol. The highest BCUT2D eigenvalue weighted by molar-refractivity contribution is 5.89. The first kappa shape index (κ1) is 18.5. The summed E-state index contributed by atoms with van der Waals surface area (Å²) in [6.07, 6.45) is 1.16. The second-order valence-corrected chi connectivity index (χ2v) is 7.62. The highest BCUT2D eigenvalue weighted by Crippen LogP contribution is 2.36. The lowest BCUT2D eigenvalue weighted by Crippen LogP contribution is -2.58. The molecule has 0 amide bonds. The summed E-state index contributed by atoms with van der Waals surface area (Å²) in [7, 11) is 0. The number of benzene rings is 1. The van der Waals surface area contributed by atoms with Crippen LogP contribution in [-0.4, -0.2) is 40.1 Å². The number of hydrogen-bond acceptors (Lipinski definition) is 5. The van der Waals surface area contributed by atoms with Gasteiger partial charge in [0.2, 0.25) is 0 Å². The van der Waals surface area contributed by atoms with Crippen molar-refractivity contribution in [1.82, 2.24) is 0 Å². The van der Waals surface area contributed by atoms with E-state index in [1.54, 1.807) is 26.0 Å². The molecule has 0 spiro atoms. The van der Waals surface area contributed by atoms with Gasteiger partial charge in [0.15, 0.2) is 17.7 Å². The molecule has 1 aliphatic carbocycles. The van der Waals surface area contributed by atoms with Crippen molar-refractivity contribution >= 4 is 5.78 Å². The molecule has 2 N–H and O–H groups in total. The Hall–Kier alpha value is -1.27. The summed E-state index contributed by atoms with van der Waals surface area (Å²) >= 11 is 0. The summed E-state index contributed by atoms with van der Waals surface area (Å²) in [6, 6.07) is 8.98. The first-order valence-corrected chi connectivity index (χ1v) is 9.19. The van der Waals surface area contributed by atoms with Crippen LogP contribution in [0.4, 0.5) is 0 Å². The van der Waals surface area contributed by atoms with Gasteiger partial charge in [0.25, 0.3) is 0 Å². The Morgan fingerprint density at radius 3 is 2.24 bits per heavy atom. The van der Waals surface area contributed by atoms with Crippen LogP contribution in [0, 0.1) is 5.92 Å². The molecule has 5 nitrogen and oxygen atoms in total. The molecule has 0 bridgehead atoms. The average molecular weight is 348 g/mol. The lowest BCUT2D eigenvalue weighted by atomic mass is 9.81. The molecule has 2 aliphatic rings. The summed E-state index contributed by atoms with van der Waals surface area (Å²) in [5.41, 5.74) is 0.615. The second kappa shape index (κ2) is 7.54. The molecule has 1 aromatic carbocycles. The molecule has 1 aromatic rings. The van der Waals surface area contributed by atoms with Gasteiger partial charge < -0.3 is 19.7 Å². The summed E-state index contributed by atoms with van der Waals surface area (Å²) in [5, 5.41) is 21.5. The summed E-state index contributed by atoms with van der Waals surface area (Å²) in [4.78, 5) is 12.9. The van der Waals surface area contributed by atoms with Gasteiger partial charge in [-0.1, -0.05) is 49.6 Å². The minimum absolute atomic E-state index is 0.0612. The maximum atomic E-state index is 12.9. The van der Waals surface area contributed by atoms with E-state index in [-0.39, 0.29) is 11.7 Å². The Labute approximate surface area is 149 Å². The lowest BCUT2D eigenvalue weighted by Gasteiger charge is -2.44. The third-order valence-electron chi connectivity index (χ3n) is 5.25. The van der Waals surface area contributed by atoms with Gasteiger partial charge >= 0.3 is 0 Å². The van der Waals surface area contributed by atoms with E-state index < -0.39 is 30.2 Å². The van der Waals surface area contributed by atoms with E-state index in [2.05, 4.69) is 0 Å². The molecule has 0 radical (unpaired) electrons. The van der Waals surface area contributed by atoms with Gasteiger partial charge in [-0.25, -0.2) is 0 Å². The molecule has 25 heavy (non-hydrogen) atoms. The lowest BCUT2D eigenvalue weighted by molar-refractivity contribution is -0.304. The van der Waals surface area contributed by atoms with E-state index in [0.29, 0.717) is 5.56 Å². The molecule has 0 unspecified atom stereocenters. The zero-order chi connectivity index (χ0) is 18.0. The fourth-order valence-corrected chi connectivity index (χ4v) is 3.92. The van der Waals surface area contributed by atoms with E-state index >= 15 is 0 Å². The molecule has 1 aliphatic heterocycles. The third-order valence-corrected chi connectivity index (χ3v) is 5.25. The maximum Gasteiger partial charge on any atom is 0.196 e. The minimum Gasteiger partial charge on any atom is -0.390 e. The molecule has 138 valence electrons. The van der Waals surface area contributed by atoms with Gasteiger partial charge in [-0.3, -0.25) is 4.79 Å². The van der Waals surface area contributed by atoms with Crippen LogP contribution in [0.25, 0.3) is 0 Å². The Bertz CT molecular complexity index is 579. The van der Waals surface area contributed by atoms with Crippen LogP contribution in [0.1, 0.15) is 57.6 Å². The topological polar surface area (TPSA) is 76.0 Å². The Morgan fingerprint density at radius 2 is 1.60 bits per heavy atom. The van der Waals surface area contributed by atoms with E-state index in [4.69, 9.17) is 9.47 Å². The molecular formula is C20H28O5. The second-order valence-electron chi connectivity index (χ2n) is 7.62. The van der Waals surface area contributed by atoms with E-state index in [0.717, 1.165) is 25.7 Å². The van der Waals surface area contributed by atoms with Gasteiger partial charge in [0, 0.05) is 0 Å². The van der Waals surface area contributed by atoms with Gasteiger partial charge in [-0.15, -0.1) is 0 Å². The molecule has 1 saturated carbocycles. The summed E-state index contributed by atoms with van der Waals surface area (Å²) < 4.78 is 11.5. The van der Waals surface area contributed by atoms with Crippen molar-refractivity contribution in [2.75, 3.05) is 0 Å². The average Bonchev–Trinajstić information content (AvgIpc) is 2.63. The first-order valence-electron chi connectivity index (χ1n) is 9.19. The number of carbonyl (C=O) groups excluding carboxylic acids is 1. The number of hydrogen-bond donors (Lipinski definition) is 2. The van der Waals surface area contributed by atoms with Crippen LogP contribution in [-0.2, 0) is 14.3 Å². The molecular weight excluding hydrogens is 320 g/mol. The Kier molecular flexibility index (Phi) is 5.58. The number of Topliss-reactive ketones (excluding diaryl/α,β-unsaturated/α-hetero) is 1. The van der Waals surface area contributed by atoms with E-state index in [1.165, 1.54) is 6.42 Å². The Morgan fingerprint density at radius 1 is 1.00 bits per heavy atom. The number of aliphatic hydroxyl groups excluding tert-OH is 2. The number of ether oxygens (including phenoxy) is 2. The SMILES string of the molecule is CC1(C)O[C@H]([C@H](O)c2ccccc2)C(=O)[C@@H]([C@H](O)C2CCCCC2)O1. The van der Waals surface area contributed by atoms with Crippen molar-refractivity contribution in [2.24, 2.45) is 5.92 Å².